The summed E-state index contributed by atoms with van der Waals surface area (Å²) in [5, 5.41) is 6.60. The Kier molecular flexibility index (Phi) is 6.50. The third-order valence-electron chi connectivity index (χ3n) is 2.93. The van der Waals surface area contributed by atoms with Crippen LogP contribution in [0.15, 0.2) is 64.2 Å². The molecule has 2 rings (SSSR count). The molecule has 2 aromatic rings. The molecule has 0 saturated carbocycles. The van der Waals surface area contributed by atoms with Crippen LogP contribution in [0.5, 0.6) is 0 Å². The Morgan fingerprint density at radius 3 is 2.35 bits per heavy atom. The lowest BCUT2D eigenvalue weighted by molar-refractivity contribution is -0.124. The maximum Gasteiger partial charge on any atom is 0.240 e. The Balaban J connectivity index is 1.73. The number of para-hydroxylation sites is 1. The molecule has 0 aliphatic heterocycles. The van der Waals surface area contributed by atoms with Crippen molar-refractivity contribution in [2.24, 2.45) is 5.10 Å². The Labute approximate surface area is 142 Å². The molecule has 0 unspecified atom stereocenters. The molecule has 2 amide bonds. The number of nitrogens with one attached hydrogen (secondary N) is 2. The number of rotatable bonds is 6. The predicted octanol–water partition coefficient (Wildman–Crippen LogP) is 3.32. The van der Waals surface area contributed by atoms with Crippen LogP contribution in [0, 0.1) is 0 Å². The molecule has 0 bridgehead atoms. The minimum absolute atomic E-state index is 0.0718. The van der Waals surface area contributed by atoms with Crippen LogP contribution in [0.25, 0.3) is 0 Å². The maximum absolute atomic E-state index is 11.8. The van der Waals surface area contributed by atoms with Crippen molar-refractivity contribution in [2.75, 3.05) is 5.32 Å². The van der Waals surface area contributed by atoms with E-state index in [0.717, 1.165) is 10.0 Å². The van der Waals surface area contributed by atoms with Crippen LogP contribution in [0.1, 0.15) is 18.4 Å². The number of carbonyl (C=O) groups excluding carboxylic acids is 2. The van der Waals surface area contributed by atoms with Crippen LogP contribution in [0.4, 0.5) is 5.69 Å². The lowest BCUT2D eigenvalue weighted by Crippen LogP contribution is -2.20. The van der Waals surface area contributed by atoms with Crippen LogP contribution in [-0.2, 0) is 9.59 Å². The molecular weight excluding hydrogens is 358 g/mol. The molecule has 0 heterocycles. The number of hydrogen-bond acceptors (Lipinski definition) is 3. The van der Waals surface area contributed by atoms with E-state index in [1.54, 1.807) is 12.3 Å². The van der Waals surface area contributed by atoms with Crippen molar-refractivity contribution in [1.82, 2.24) is 5.43 Å². The van der Waals surface area contributed by atoms with Gasteiger partial charge in [0.25, 0.3) is 0 Å². The first-order chi connectivity index (χ1) is 11.1. The molecule has 0 saturated heterocycles. The molecule has 118 valence electrons. The third-order valence-corrected chi connectivity index (χ3v) is 3.62. The van der Waals surface area contributed by atoms with Gasteiger partial charge in [-0.25, -0.2) is 5.43 Å². The van der Waals surface area contributed by atoms with E-state index in [0.29, 0.717) is 5.69 Å². The van der Waals surface area contributed by atoms with Crippen molar-refractivity contribution in [1.29, 1.82) is 0 Å². The predicted molar refractivity (Wildman–Crippen MR) is 94.2 cm³/mol. The van der Waals surface area contributed by atoms with E-state index in [-0.39, 0.29) is 24.7 Å². The maximum atomic E-state index is 11.8. The van der Waals surface area contributed by atoms with Gasteiger partial charge in [0.2, 0.25) is 11.8 Å². The first-order valence-electron chi connectivity index (χ1n) is 7.06. The second-order valence-corrected chi connectivity index (χ2v) is 5.59. The highest BCUT2D eigenvalue weighted by atomic mass is 79.9. The van der Waals surface area contributed by atoms with Gasteiger partial charge < -0.3 is 5.32 Å². The second-order valence-electron chi connectivity index (χ2n) is 4.73. The largest absolute Gasteiger partial charge is 0.325 e. The van der Waals surface area contributed by atoms with Gasteiger partial charge in [-0.15, -0.1) is 0 Å². The molecule has 2 aromatic carbocycles. The summed E-state index contributed by atoms with van der Waals surface area (Å²) in [5.41, 5.74) is 3.97. The lowest BCUT2D eigenvalue weighted by Gasteiger charge is -2.06. The van der Waals surface area contributed by atoms with Gasteiger partial charge in [-0.3, -0.25) is 9.59 Å². The number of hydrazone groups is 1. The van der Waals surface area contributed by atoms with Gasteiger partial charge in [0.05, 0.1) is 11.9 Å². The van der Waals surface area contributed by atoms with Gasteiger partial charge in [0, 0.05) is 17.3 Å². The summed E-state index contributed by atoms with van der Waals surface area (Å²) in [6.07, 6.45) is 1.72. The van der Waals surface area contributed by atoms with Gasteiger partial charge in [0.15, 0.2) is 0 Å². The van der Waals surface area contributed by atoms with Crippen LogP contribution < -0.4 is 10.7 Å². The highest BCUT2D eigenvalue weighted by Gasteiger charge is 2.08. The first-order valence-corrected chi connectivity index (χ1v) is 7.86. The Morgan fingerprint density at radius 1 is 0.957 bits per heavy atom. The number of hydrogen-bond donors (Lipinski definition) is 2. The summed E-state index contributed by atoms with van der Waals surface area (Å²) in [6, 6.07) is 16.7. The molecule has 0 aliphatic carbocycles. The van der Waals surface area contributed by atoms with Gasteiger partial charge in [-0.05, 0) is 33.6 Å². The molecule has 0 radical (unpaired) electrons. The van der Waals surface area contributed by atoms with Gasteiger partial charge in [-0.2, -0.15) is 5.10 Å². The minimum atomic E-state index is -0.306. The molecule has 0 atom stereocenters. The van der Waals surface area contributed by atoms with Gasteiger partial charge >= 0.3 is 0 Å². The van der Waals surface area contributed by atoms with Crippen molar-refractivity contribution in [2.45, 2.75) is 12.8 Å². The normalized spacial score (nSPS) is 10.5. The zero-order chi connectivity index (χ0) is 16.5. The third kappa shape index (κ3) is 6.04. The average molecular weight is 374 g/mol. The standard InChI is InChI=1S/C17H16BrN3O2/c18-14-8-4-5-9-15(14)20-16(22)10-11-17(23)21-19-12-13-6-2-1-3-7-13/h1-9,12H,10-11H2,(H,20,22)(H,21,23)/b19-12+. The monoisotopic (exact) mass is 373 g/mol. The molecule has 0 aromatic heterocycles. The SMILES string of the molecule is O=C(CCC(=O)Nc1ccccc1Br)N/N=C/c1ccccc1. The summed E-state index contributed by atoms with van der Waals surface area (Å²) in [7, 11) is 0. The average Bonchev–Trinajstić information content (AvgIpc) is 2.56. The van der Waals surface area contributed by atoms with Crippen LogP contribution in [0.3, 0.4) is 0 Å². The van der Waals surface area contributed by atoms with E-state index in [4.69, 9.17) is 0 Å². The van der Waals surface area contributed by atoms with Gasteiger partial charge in [0.1, 0.15) is 0 Å². The molecule has 2 N–H and O–H groups in total. The smallest absolute Gasteiger partial charge is 0.240 e. The molecule has 23 heavy (non-hydrogen) atoms. The molecule has 6 heteroatoms. The number of anilines is 1. The fraction of sp³-hybridized carbons (Fsp3) is 0.118. The van der Waals surface area contributed by atoms with Crippen molar-refractivity contribution in [3.63, 3.8) is 0 Å². The zero-order valence-electron chi connectivity index (χ0n) is 12.3. The van der Waals surface area contributed by atoms with Crippen molar-refractivity contribution < 1.29 is 9.59 Å². The summed E-state index contributed by atoms with van der Waals surface area (Å²) >= 11 is 3.35. The summed E-state index contributed by atoms with van der Waals surface area (Å²) in [4.78, 5) is 23.5. The summed E-state index contributed by atoms with van der Waals surface area (Å²) in [6.45, 7) is 0. The second kappa shape index (κ2) is 8.85. The lowest BCUT2D eigenvalue weighted by atomic mass is 10.2. The molecule has 0 spiro atoms. The molecule has 0 aliphatic rings. The molecule has 5 nitrogen and oxygen atoms in total. The van der Waals surface area contributed by atoms with Crippen LogP contribution in [0.2, 0.25) is 0 Å². The van der Waals surface area contributed by atoms with E-state index >= 15 is 0 Å². The number of benzene rings is 2. The Morgan fingerprint density at radius 2 is 1.61 bits per heavy atom. The highest BCUT2D eigenvalue weighted by Crippen LogP contribution is 2.21. The molecule has 0 fully saturated rings. The molecular formula is C17H16BrN3O2. The van der Waals surface area contributed by atoms with Crippen molar-refractivity contribution >= 4 is 39.6 Å². The van der Waals surface area contributed by atoms with Crippen molar-refractivity contribution in [3.8, 4) is 0 Å². The fourth-order valence-electron chi connectivity index (χ4n) is 1.78. The minimum Gasteiger partial charge on any atom is -0.325 e. The van der Waals surface area contributed by atoms with E-state index in [9.17, 15) is 9.59 Å². The van der Waals surface area contributed by atoms with Gasteiger partial charge in [-0.1, -0.05) is 42.5 Å². The van der Waals surface area contributed by atoms with E-state index in [1.807, 2.05) is 48.5 Å². The number of nitrogens with zero attached hydrogens (tertiary/aromatic N) is 1. The quantitative estimate of drug-likeness (QED) is 0.602. The number of halogens is 1. The summed E-state index contributed by atoms with van der Waals surface area (Å²) < 4.78 is 0.797. The number of amides is 2. The Bertz CT molecular complexity index is 702. The van der Waals surface area contributed by atoms with Crippen LogP contribution >= 0.6 is 15.9 Å². The first kappa shape index (κ1) is 16.9. The highest BCUT2D eigenvalue weighted by molar-refractivity contribution is 9.10. The van der Waals surface area contributed by atoms with Crippen LogP contribution in [-0.4, -0.2) is 18.0 Å². The zero-order valence-corrected chi connectivity index (χ0v) is 13.9. The summed E-state index contributed by atoms with van der Waals surface area (Å²) in [5.74, 6) is -0.529. The number of carbonyl (C=O) groups is 2. The van der Waals surface area contributed by atoms with E-state index in [1.165, 1.54) is 0 Å². The topological polar surface area (TPSA) is 70.6 Å². The Hall–Kier alpha value is -2.47. The van der Waals surface area contributed by atoms with Crippen molar-refractivity contribution in [3.05, 3.63) is 64.6 Å². The van der Waals surface area contributed by atoms with E-state index in [2.05, 4.69) is 31.8 Å². The van der Waals surface area contributed by atoms with E-state index < -0.39 is 0 Å². The fourth-order valence-corrected chi connectivity index (χ4v) is 2.16.